The number of carbonyl (C=O) groups is 1. The zero-order valence-electron chi connectivity index (χ0n) is 9.95. The van der Waals surface area contributed by atoms with E-state index in [0.29, 0.717) is 26.2 Å². The van der Waals surface area contributed by atoms with Crippen molar-refractivity contribution < 1.29 is 19.0 Å². The lowest BCUT2D eigenvalue weighted by Crippen LogP contribution is -2.26. The van der Waals surface area contributed by atoms with Gasteiger partial charge in [0, 0.05) is 19.6 Å². The van der Waals surface area contributed by atoms with Crippen LogP contribution in [0.1, 0.15) is 40.0 Å². The van der Waals surface area contributed by atoms with Gasteiger partial charge in [-0.3, -0.25) is 4.79 Å². The second kappa shape index (κ2) is 9.93. The van der Waals surface area contributed by atoms with Crippen molar-refractivity contribution in [2.24, 2.45) is 0 Å². The van der Waals surface area contributed by atoms with Crippen molar-refractivity contribution in [3.63, 3.8) is 0 Å². The van der Waals surface area contributed by atoms with Crippen LogP contribution in [0.15, 0.2) is 0 Å². The van der Waals surface area contributed by atoms with Crippen molar-refractivity contribution in [2.75, 3.05) is 19.8 Å². The number of esters is 1. The first-order valence-electron chi connectivity index (χ1n) is 5.63. The lowest BCUT2D eigenvalue weighted by atomic mass is 10.2. The van der Waals surface area contributed by atoms with Gasteiger partial charge in [0.1, 0.15) is 6.61 Å². The van der Waals surface area contributed by atoms with Crippen LogP contribution >= 0.6 is 0 Å². The number of hydrogen-bond donors (Lipinski definition) is 0. The van der Waals surface area contributed by atoms with E-state index in [1.54, 1.807) is 0 Å². The Hall–Kier alpha value is -0.610. The molecule has 0 aromatic carbocycles. The molecule has 0 bridgehead atoms. The third kappa shape index (κ3) is 8.39. The highest BCUT2D eigenvalue weighted by Crippen LogP contribution is 2.02. The molecule has 90 valence electrons. The fourth-order valence-electron chi connectivity index (χ4n) is 1.04. The molecule has 0 saturated carbocycles. The van der Waals surface area contributed by atoms with Crippen LogP contribution in [-0.2, 0) is 19.0 Å². The highest BCUT2D eigenvalue weighted by Gasteiger charge is 2.13. The Labute approximate surface area is 91.9 Å². The molecule has 15 heavy (non-hydrogen) atoms. The Morgan fingerprint density at radius 3 is 2.47 bits per heavy atom. The van der Waals surface area contributed by atoms with Crippen LogP contribution < -0.4 is 0 Å². The Bertz CT molecular complexity index is 159. The average molecular weight is 218 g/mol. The molecule has 4 heteroatoms. The van der Waals surface area contributed by atoms with E-state index in [2.05, 4.69) is 0 Å². The average Bonchev–Trinajstić information content (AvgIpc) is 2.23. The standard InChI is InChI=1S/C11H22O4/c1-4-7-8-10(12)15-11(14-6-3)9-13-5-2/h11H,4-9H2,1-3H3. The Morgan fingerprint density at radius 1 is 1.20 bits per heavy atom. The van der Waals surface area contributed by atoms with Crippen LogP contribution in [0.2, 0.25) is 0 Å². The molecule has 1 unspecified atom stereocenters. The van der Waals surface area contributed by atoms with Crippen LogP contribution in [0.25, 0.3) is 0 Å². The molecule has 0 fully saturated rings. The number of carbonyl (C=O) groups excluding carboxylic acids is 1. The van der Waals surface area contributed by atoms with Gasteiger partial charge in [-0.25, -0.2) is 0 Å². The van der Waals surface area contributed by atoms with E-state index in [-0.39, 0.29) is 5.97 Å². The second-order valence-electron chi connectivity index (χ2n) is 3.14. The lowest BCUT2D eigenvalue weighted by molar-refractivity contribution is -0.189. The fraction of sp³-hybridized carbons (Fsp3) is 0.909. The first-order chi connectivity index (χ1) is 7.24. The molecular weight excluding hydrogens is 196 g/mol. The first kappa shape index (κ1) is 14.4. The highest BCUT2D eigenvalue weighted by molar-refractivity contribution is 5.69. The summed E-state index contributed by atoms with van der Waals surface area (Å²) in [7, 11) is 0. The molecule has 0 aliphatic heterocycles. The van der Waals surface area contributed by atoms with Crippen LogP contribution in [0.3, 0.4) is 0 Å². The van der Waals surface area contributed by atoms with Gasteiger partial charge in [-0.05, 0) is 20.3 Å². The highest BCUT2D eigenvalue weighted by atomic mass is 16.7. The molecule has 0 rings (SSSR count). The van der Waals surface area contributed by atoms with E-state index in [4.69, 9.17) is 14.2 Å². The molecule has 0 spiro atoms. The SMILES string of the molecule is CCCCC(=O)OC(COCC)OCC. The predicted molar refractivity (Wildman–Crippen MR) is 57.5 cm³/mol. The molecule has 0 radical (unpaired) electrons. The van der Waals surface area contributed by atoms with Gasteiger partial charge in [-0.15, -0.1) is 0 Å². The summed E-state index contributed by atoms with van der Waals surface area (Å²) >= 11 is 0. The maximum atomic E-state index is 11.3. The summed E-state index contributed by atoms with van der Waals surface area (Å²) in [5.74, 6) is -0.213. The maximum absolute atomic E-state index is 11.3. The van der Waals surface area contributed by atoms with E-state index in [1.807, 2.05) is 20.8 Å². The summed E-state index contributed by atoms with van der Waals surface area (Å²) in [4.78, 5) is 11.3. The van der Waals surface area contributed by atoms with E-state index in [0.717, 1.165) is 12.8 Å². The predicted octanol–water partition coefficient (Wildman–Crippen LogP) is 2.12. The third-order valence-corrected chi connectivity index (χ3v) is 1.81. The normalized spacial score (nSPS) is 12.5. The van der Waals surface area contributed by atoms with Crippen molar-refractivity contribution in [2.45, 2.75) is 46.3 Å². The quantitative estimate of drug-likeness (QED) is 0.439. The molecule has 0 aromatic heterocycles. The summed E-state index contributed by atoms with van der Waals surface area (Å²) in [5, 5.41) is 0. The molecule has 0 amide bonds. The van der Waals surface area contributed by atoms with Gasteiger partial charge in [-0.2, -0.15) is 0 Å². The lowest BCUT2D eigenvalue weighted by Gasteiger charge is -2.17. The second-order valence-corrected chi connectivity index (χ2v) is 3.14. The molecule has 0 aliphatic rings. The van der Waals surface area contributed by atoms with Gasteiger partial charge >= 0.3 is 5.97 Å². The molecule has 0 saturated heterocycles. The molecule has 0 N–H and O–H groups in total. The van der Waals surface area contributed by atoms with Gasteiger partial charge in [0.2, 0.25) is 6.29 Å². The van der Waals surface area contributed by atoms with Gasteiger partial charge in [0.15, 0.2) is 0 Å². The third-order valence-electron chi connectivity index (χ3n) is 1.81. The maximum Gasteiger partial charge on any atom is 0.308 e. The number of rotatable bonds is 9. The monoisotopic (exact) mass is 218 g/mol. The van der Waals surface area contributed by atoms with Crippen molar-refractivity contribution >= 4 is 5.97 Å². The first-order valence-corrected chi connectivity index (χ1v) is 5.63. The molecule has 1 atom stereocenters. The molecular formula is C11H22O4. The molecule has 0 aliphatic carbocycles. The van der Waals surface area contributed by atoms with Crippen LogP contribution in [0.5, 0.6) is 0 Å². The minimum atomic E-state index is -0.556. The minimum Gasteiger partial charge on any atom is -0.433 e. The summed E-state index contributed by atoms with van der Waals surface area (Å²) in [6.45, 7) is 7.20. The van der Waals surface area contributed by atoms with E-state index in [9.17, 15) is 4.79 Å². The molecule has 0 aromatic rings. The fourth-order valence-corrected chi connectivity index (χ4v) is 1.04. The van der Waals surface area contributed by atoms with Crippen LogP contribution in [0.4, 0.5) is 0 Å². The smallest absolute Gasteiger partial charge is 0.308 e. The zero-order chi connectivity index (χ0) is 11.5. The summed E-state index contributed by atoms with van der Waals surface area (Å²) < 4.78 is 15.5. The van der Waals surface area contributed by atoms with E-state index >= 15 is 0 Å². The van der Waals surface area contributed by atoms with Crippen molar-refractivity contribution in [1.29, 1.82) is 0 Å². The van der Waals surface area contributed by atoms with E-state index < -0.39 is 6.29 Å². The summed E-state index contributed by atoms with van der Waals surface area (Å²) in [5.41, 5.74) is 0. The van der Waals surface area contributed by atoms with Crippen molar-refractivity contribution in [3.05, 3.63) is 0 Å². The van der Waals surface area contributed by atoms with Crippen LogP contribution in [-0.4, -0.2) is 32.1 Å². The molecule has 0 heterocycles. The van der Waals surface area contributed by atoms with Crippen molar-refractivity contribution in [3.8, 4) is 0 Å². The van der Waals surface area contributed by atoms with E-state index in [1.165, 1.54) is 0 Å². The van der Waals surface area contributed by atoms with Gasteiger partial charge < -0.3 is 14.2 Å². The number of ether oxygens (including phenoxy) is 3. The summed E-state index contributed by atoms with van der Waals surface area (Å²) in [6.07, 6.45) is 1.73. The van der Waals surface area contributed by atoms with Crippen LogP contribution in [0, 0.1) is 0 Å². The van der Waals surface area contributed by atoms with Crippen molar-refractivity contribution in [1.82, 2.24) is 0 Å². The number of hydrogen-bond acceptors (Lipinski definition) is 4. The largest absolute Gasteiger partial charge is 0.433 e. The Balaban J connectivity index is 3.76. The zero-order valence-corrected chi connectivity index (χ0v) is 9.95. The Kier molecular flexibility index (Phi) is 9.52. The van der Waals surface area contributed by atoms with Gasteiger partial charge in [0.05, 0.1) is 0 Å². The Morgan fingerprint density at radius 2 is 1.93 bits per heavy atom. The summed E-state index contributed by atoms with van der Waals surface area (Å²) in [6, 6.07) is 0. The van der Waals surface area contributed by atoms with Gasteiger partial charge in [-0.1, -0.05) is 13.3 Å². The number of unbranched alkanes of at least 4 members (excludes halogenated alkanes) is 1. The molecule has 4 nitrogen and oxygen atoms in total. The minimum absolute atomic E-state index is 0.213. The topological polar surface area (TPSA) is 44.8 Å². The van der Waals surface area contributed by atoms with Gasteiger partial charge in [0.25, 0.3) is 0 Å².